The molecule has 2 aromatic rings. The van der Waals surface area contributed by atoms with Crippen LogP contribution in [-0.4, -0.2) is 10.8 Å². The molecule has 106 valence electrons. The summed E-state index contributed by atoms with van der Waals surface area (Å²) in [4.78, 5) is 17.3. The Morgan fingerprint density at radius 1 is 1.30 bits per heavy atom. The Kier molecular flexibility index (Phi) is 4.55. The number of anilines is 1. The second kappa shape index (κ2) is 6.18. The van der Waals surface area contributed by atoms with Gasteiger partial charge in [0.15, 0.2) is 5.78 Å². The van der Waals surface area contributed by atoms with Gasteiger partial charge in [0.05, 0.1) is 16.7 Å². The second-order valence-electron chi connectivity index (χ2n) is 4.90. The maximum Gasteiger partial charge on any atom is 0.162 e. The Bertz CT molecular complexity index is 601. The molecule has 4 heteroatoms. The number of hydrogen-bond acceptors (Lipinski definition) is 4. The fourth-order valence-electron chi connectivity index (χ4n) is 2.22. The molecule has 0 aliphatic rings. The van der Waals surface area contributed by atoms with E-state index < -0.39 is 0 Å². The Balaban J connectivity index is 2.10. The summed E-state index contributed by atoms with van der Waals surface area (Å²) in [6.45, 7) is 8.08. The quantitative estimate of drug-likeness (QED) is 0.822. The Labute approximate surface area is 124 Å². The highest BCUT2D eigenvalue weighted by atomic mass is 32.1. The predicted molar refractivity (Wildman–Crippen MR) is 84.7 cm³/mol. The average molecular weight is 288 g/mol. The summed E-state index contributed by atoms with van der Waals surface area (Å²) in [5, 5.41) is 4.55. The number of Topliss-reactive ketones (excluding diaryl/α,β-unsaturated/α-hetero) is 1. The van der Waals surface area contributed by atoms with Gasteiger partial charge in [0.25, 0.3) is 0 Å². The SMILES string of the molecule is CCC(=O)c1ccc(NC(C)c2sc(C)nc2C)cc1. The molecule has 2 rings (SSSR count). The number of thiazole rings is 1. The largest absolute Gasteiger partial charge is 0.378 e. The van der Waals surface area contributed by atoms with Crippen molar-refractivity contribution in [3.63, 3.8) is 0 Å². The first-order chi connectivity index (χ1) is 9.51. The van der Waals surface area contributed by atoms with E-state index in [4.69, 9.17) is 0 Å². The summed E-state index contributed by atoms with van der Waals surface area (Å²) in [5.41, 5.74) is 2.89. The lowest BCUT2D eigenvalue weighted by Crippen LogP contribution is -2.06. The first-order valence-corrected chi connectivity index (χ1v) is 7.66. The summed E-state index contributed by atoms with van der Waals surface area (Å²) in [6.07, 6.45) is 0.544. The molecular formula is C16H20N2OS. The summed E-state index contributed by atoms with van der Waals surface area (Å²) in [6, 6.07) is 7.90. The third-order valence-electron chi connectivity index (χ3n) is 3.24. The van der Waals surface area contributed by atoms with Crippen molar-refractivity contribution in [2.75, 3.05) is 5.32 Å². The van der Waals surface area contributed by atoms with Gasteiger partial charge in [-0.25, -0.2) is 4.98 Å². The molecule has 0 amide bonds. The molecule has 0 saturated carbocycles. The van der Waals surface area contributed by atoms with E-state index in [1.165, 1.54) is 4.88 Å². The lowest BCUT2D eigenvalue weighted by atomic mass is 10.1. The van der Waals surface area contributed by atoms with Crippen LogP contribution < -0.4 is 5.32 Å². The van der Waals surface area contributed by atoms with Crippen LogP contribution in [0.2, 0.25) is 0 Å². The van der Waals surface area contributed by atoms with Crippen LogP contribution in [0.25, 0.3) is 0 Å². The van der Waals surface area contributed by atoms with Crippen molar-refractivity contribution in [3.05, 3.63) is 45.4 Å². The number of nitrogens with zero attached hydrogens (tertiary/aromatic N) is 1. The number of rotatable bonds is 5. The zero-order chi connectivity index (χ0) is 14.7. The molecule has 0 fully saturated rings. The van der Waals surface area contributed by atoms with Crippen molar-refractivity contribution < 1.29 is 4.79 Å². The predicted octanol–water partition coefficient (Wildman–Crippen LogP) is 4.53. The van der Waals surface area contributed by atoms with E-state index in [9.17, 15) is 4.79 Å². The van der Waals surface area contributed by atoms with Gasteiger partial charge >= 0.3 is 0 Å². The van der Waals surface area contributed by atoms with Crippen LogP contribution in [0.4, 0.5) is 5.69 Å². The average Bonchev–Trinajstić information content (AvgIpc) is 2.78. The summed E-state index contributed by atoms with van der Waals surface area (Å²) in [5.74, 6) is 0.179. The second-order valence-corrected chi connectivity index (χ2v) is 6.14. The van der Waals surface area contributed by atoms with Crippen molar-refractivity contribution in [2.24, 2.45) is 0 Å². The van der Waals surface area contributed by atoms with Crippen LogP contribution in [0.15, 0.2) is 24.3 Å². The van der Waals surface area contributed by atoms with Crippen LogP contribution >= 0.6 is 11.3 Å². The molecule has 1 atom stereocenters. The van der Waals surface area contributed by atoms with Crippen LogP contribution in [0, 0.1) is 13.8 Å². The van der Waals surface area contributed by atoms with Crippen molar-refractivity contribution in [1.29, 1.82) is 0 Å². The van der Waals surface area contributed by atoms with E-state index in [-0.39, 0.29) is 11.8 Å². The first-order valence-electron chi connectivity index (χ1n) is 6.85. The van der Waals surface area contributed by atoms with E-state index in [0.717, 1.165) is 22.0 Å². The third kappa shape index (κ3) is 3.25. The monoisotopic (exact) mass is 288 g/mol. The Hall–Kier alpha value is -1.68. The number of nitrogens with one attached hydrogen (secondary N) is 1. The molecule has 0 spiro atoms. The van der Waals surface area contributed by atoms with Crippen molar-refractivity contribution in [1.82, 2.24) is 4.98 Å². The number of aromatic nitrogens is 1. The normalized spacial score (nSPS) is 12.2. The van der Waals surface area contributed by atoms with Gasteiger partial charge in [-0.15, -0.1) is 11.3 Å². The fraction of sp³-hybridized carbons (Fsp3) is 0.375. The van der Waals surface area contributed by atoms with Gasteiger partial charge in [-0.2, -0.15) is 0 Å². The van der Waals surface area contributed by atoms with Gasteiger partial charge < -0.3 is 5.32 Å². The van der Waals surface area contributed by atoms with E-state index in [2.05, 4.69) is 17.2 Å². The van der Waals surface area contributed by atoms with Gasteiger partial charge in [0.2, 0.25) is 0 Å². The summed E-state index contributed by atoms with van der Waals surface area (Å²) >= 11 is 1.73. The third-order valence-corrected chi connectivity index (χ3v) is 4.50. The highest BCUT2D eigenvalue weighted by Crippen LogP contribution is 2.27. The molecule has 1 heterocycles. The molecule has 0 aliphatic carbocycles. The fourth-order valence-corrected chi connectivity index (χ4v) is 3.15. The lowest BCUT2D eigenvalue weighted by molar-refractivity contribution is 0.0988. The number of aryl methyl sites for hydroxylation is 2. The molecule has 0 aliphatic heterocycles. The summed E-state index contributed by atoms with van der Waals surface area (Å²) < 4.78 is 0. The minimum absolute atomic E-state index is 0.179. The van der Waals surface area contributed by atoms with Crippen LogP contribution in [0.5, 0.6) is 0 Å². The summed E-state index contributed by atoms with van der Waals surface area (Å²) in [7, 11) is 0. The smallest absolute Gasteiger partial charge is 0.162 e. The lowest BCUT2D eigenvalue weighted by Gasteiger charge is -2.14. The topological polar surface area (TPSA) is 42.0 Å². The number of carbonyl (C=O) groups excluding carboxylic acids is 1. The number of hydrogen-bond donors (Lipinski definition) is 1. The van der Waals surface area contributed by atoms with Gasteiger partial charge in [-0.05, 0) is 45.0 Å². The maximum atomic E-state index is 11.6. The van der Waals surface area contributed by atoms with Crippen LogP contribution in [0.1, 0.15) is 52.2 Å². The zero-order valence-electron chi connectivity index (χ0n) is 12.4. The van der Waals surface area contributed by atoms with Crippen molar-refractivity contribution >= 4 is 22.8 Å². The van der Waals surface area contributed by atoms with E-state index >= 15 is 0 Å². The Morgan fingerprint density at radius 2 is 1.95 bits per heavy atom. The van der Waals surface area contributed by atoms with Crippen molar-refractivity contribution in [2.45, 2.75) is 40.2 Å². The zero-order valence-corrected chi connectivity index (χ0v) is 13.2. The van der Waals surface area contributed by atoms with Gasteiger partial charge in [0.1, 0.15) is 0 Å². The molecule has 3 nitrogen and oxygen atoms in total. The molecule has 0 saturated heterocycles. The van der Waals surface area contributed by atoms with E-state index in [0.29, 0.717) is 6.42 Å². The minimum Gasteiger partial charge on any atom is -0.378 e. The molecule has 20 heavy (non-hydrogen) atoms. The molecule has 1 unspecified atom stereocenters. The number of carbonyl (C=O) groups is 1. The Morgan fingerprint density at radius 3 is 2.45 bits per heavy atom. The van der Waals surface area contributed by atoms with Crippen LogP contribution in [0.3, 0.4) is 0 Å². The van der Waals surface area contributed by atoms with Crippen LogP contribution in [-0.2, 0) is 0 Å². The molecule has 0 bridgehead atoms. The van der Waals surface area contributed by atoms with E-state index in [1.807, 2.05) is 45.0 Å². The minimum atomic E-state index is 0.179. The number of ketones is 1. The first kappa shape index (κ1) is 14.7. The standard InChI is InChI=1S/C16H20N2OS/c1-5-15(19)13-6-8-14(9-7-13)18-11(3)16-10(2)17-12(4)20-16/h6-9,11,18H,5H2,1-4H3. The highest BCUT2D eigenvalue weighted by molar-refractivity contribution is 7.11. The van der Waals surface area contributed by atoms with E-state index in [1.54, 1.807) is 11.3 Å². The molecular weight excluding hydrogens is 268 g/mol. The molecule has 1 aromatic heterocycles. The molecule has 1 aromatic carbocycles. The maximum absolute atomic E-state index is 11.6. The van der Waals surface area contributed by atoms with Gasteiger partial charge in [-0.3, -0.25) is 4.79 Å². The van der Waals surface area contributed by atoms with Crippen molar-refractivity contribution in [3.8, 4) is 0 Å². The number of benzene rings is 1. The highest BCUT2D eigenvalue weighted by Gasteiger charge is 2.13. The van der Waals surface area contributed by atoms with Gasteiger partial charge in [-0.1, -0.05) is 6.92 Å². The molecule has 1 N–H and O–H groups in total. The molecule has 0 radical (unpaired) electrons. The van der Waals surface area contributed by atoms with Gasteiger partial charge in [0, 0.05) is 22.5 Å².